The van der Waals surface area contributed by atoms with Gasteiger partial charge in [0.25, 0.3) is 0 Å². The molecular formula is C30H34N4O3Si. The van der Waals surface area contributed by atoms with Crippen molar-refractivity contribution in [3.05, 3.63) is 112 Å². The van der Waals surface area contributed by atoms with Gasteiger partial charge in [-0.05, 0) is 42.0 Å². The Morgan fingerprint density at radius 2 is 1.74 bits per heavy atom. The monoisotopic (exact) mass is 526 g/mol. The molecule has 1 saturated heterocycles. The molecule has 3 aromatic rings. The molecule has 0 N–H and O–H groups in total. The lowest BCUT2D eigenvalue weighted by Crippen LogP contribution is -2.43. The van der Waals surface area contributed by atoms with Crippen molar-refractivity contribution in [2.45, 2.75) is 57.4 Å². The molecule has 1 unspecified atom stereocenters. The standard InChI is InChI=1S/C30H34N4O3Si/c1-22-11-13-23(14-12-22)10-7-19-38(2,3)27-17-15-25(16-18-27)28(32-33-31)29(35)34-26(21-37-30(34)36)20-24-8-5-4-6-9-24/h4-6,8-9,11-18,26,28H,7,10,19-21H2,1-3H3/t26-,28?/m0/s1. The number of azide groups is 1. The van der Waals surface area contributed by atoms with Crippen LogP contribution in [0.5, 0.6) is 0 Å². The Kier molecular flexibility index (Phi) is 8.66. The van der Waals surface area contributed by atoms with Gasteiger partial charge in [-0.25, -0.2) is 9.69 Å². The molecule has 7 nitrogen and oxygen atoms in total. The summed E-state index contributed by atoms with van der Waals surface area (Å²) in [6.07, 6.45) is 1.94. The first-order chi connectivity index (χ1) is 18.3. The number of imide groups is 1. The number of ether oxygens (including phenoxy) is 1. The van der Waals surface area contributed by atoms with Crippen LogP contribution in [0.4, 0.5) is 4.79 Å². The first-order valence-electron chi connectivity index (χ1n) is 13.0. The Balaban J connectivity index is 1.45. The molecule has 1 aliphatic rings. The zero-order valence-corrected chi connectivity index (χ0v) is 23.2. The van der Waals surface area contributed by atoms with Crippen molar-refractivity contribution in [1.29, 1.82) is 0 Å². The Morgan fingerprint density at radius 1 is 1.05 bits per heavy atom. The molecule has 8 heteroatoms. The van der Waals surface area contributed by atoms with Crippen LogP contribution in [0, 0.1) is 6.92 Å². The van der Waals surface area contributed by atoms with Crippen molar-refractivity contribution < 1.29 is 14.3 Å². The Bertz CT molecular complexity index is 1300. The molecule has 38 heavy (non-hydrogen) atoms. The minimum atomic E-state index is -1.71. The molecule has 1 aliphatic heterocycles. The van der Waals surface area contributed by atoms with Crippen molar-refractivity contribution >= 4 is 25.3 Å². The third kappa shape index (κ3) is 6.51. The molecule has 4 rings (SSSR count). The lowest BCUT2D eigenvalue weighted by atomic mass is 10.0. The zero-order chi connectivity index (χ0) is 27.1. The fourth-order valence-corrected chi connectivity index (χ4v) is 7.38. The van der Waals surface area contributed by atoms with Crippen LogP contribution in [0.25, 0.3) is 10.4 Å². The lowest BCUT2D eigenvalue weighted by molar-refractivity contribution is -0.130. The van der Waals surface area contributed by atoms with Gasteiger partial charge in [-0.1, -0.05) is 120 Å². The van der Waals surface area contributed by atoms with Crippen LogP contribution in [-0.4, -0.2) is 37.6 Å². The fraction of sp³-hybridized carbons (Fsp3) is 0.333. The Labute approximate surface area is 225 Å². The molecule has 0 bridgehead atoms. The maximum atomic E-state index is 13.5. The van der Waals surface area contributed by atoms with E-state index in [1.165, 1.54) is 16.3 Å². The van der Waals surface area contributed by atoms with Gasteiger partial charge in [-0.3, -0.25) is 4.79 Å². The molecule has 2 atom stereocenters. The van der Waals surface area contributed by atoms with E-state index in [4.69, 9.17) is 4.74 Å². The Morgan fingerprint density at radius 3 is 2.39 bits per heavy atom. The largest absolute Gasteiger partial charge is 0.447 e. The topological polar surface area (TPSA) is 95.4 Å². The predicted octanol–water partition coefficient (Wildman–Crippen LogP) is 6.48. The number of hydrogen-bond donors (Lipinski definition) is 0. The number of rotatable bonds is 10. The second kappa shape index (κ2) is 12.1. The van der Waals surface area contributed by atoms with Crippen LogP contribution >= 0.6 is 0 Å². The summed E-state index contributed by atoms with van der Waals surface area (Å²) in [7, 11) is -1.71. The minimum Gasteiger partial charge on any atom is -0.447 e. The van der Waals surface area contributed by atoms with Crippen molar-refractivity contribution in [3.63, 3.8) is 0 Å². The molecule has 0 spiro atoms. The van der Waals surface area contributed by atoms with Crippen molar-refractivity contribution in [2.24, 2.45) is 5.11 Å². The quantitative estimate of drug-likeness (QED) is 0.131. The van der Waals surface area contributed by atoms with Gasteiger partial charge in [-0.2, -0.15) is 0 Å². The molecule has 1 fully saturated rings. The maximum Gasteiger partial charge on any atom is 0.417 e. The number of benzene rings is 3. The van der Waals surface area contributed by atoms with E-state index in [0.29, 0.717) is 12.0 Å². The van der Waals surface area contributed by atoms with Crippen LogP contribution in [0.1, 0.15) is 34.7 Å². The summed E-state index contributed by atoms with van der Waals surface area (Å²) in [5.41, 5.74) is 13.4. The lowest BCUT2D eigenvalue weighted by Gasteiger charge is -2.25. The normalized spacial score (nSPS) is 16.0. The number of amides is 2. The number of carbonyl (C=O) groups excluding carboxylic acids is 2. The highest BCUT2D eigenvalue weighted by molar-refractivity contribution is 6.89. The van der Waals surface area contributed by atoms with E-state index in [9.17, 15) is 15.1 Å². The number of carbonyl (C=O) groups is 2. The molecule has 0 saturated carbocycles. The van der Waals surface area contributed by atoms with E-state index < -0.39 is 32.2 Å². The molecule has 0 aromatic heterocycles. The summed E-state index contributed by atoms with van der Waals surface area (Å²) in [6.45, 7) is 6.91. The summed E-state index contributed by atoms with van der Waals surface area (Å²) < 4.78 is 5.21. The third-order valence-corrected chi connectivity index (χ3v) is 10.8. The number of nitrogens with zero attached hydrogens (tertiary/aromatic N) is 4. The predicted molar refractivity (Wildman–Crippen MR) is 152 cm³/mol. The molecule has 0 radical (unpaired) electrons. The average Bonchev–Trinajstić information content (AvgIpc) is 3.28. The SMILES string of the molecule is Cc1ccc(CCC[Si](C)(C)c2ccc(C(N=[N+]=[N-])C(=O)N3C(=O)OC[C@@H]3Cc3ccccc3)cc2)cc1. The summed E-state index contributed by atoms with van der Waals surface area (Å²) in [5, 5.41) is 5.07. The first kappa shape index (κ1) is 27.2. The molecule has 196 valence electrons. The highest BCUT2D eigenvalue weighted by Gasteiger charge is 2.41. The fourth-order valence-electron chi connectivity index (χ4n) is 4.96. The van der Waals surface area contributed by atoms with E-state index in [1.807, 2.05) is 54.6 Å². The van der Waals surface area contributed by atoms with Crippen LogP contribution in [-0.2, 0) is 22.4 Å². The van der Waals surface area contributed by atoms with Gasteiger partial charge < -0.3 is 4.74 Å². The number of aryl methyl sites for hydroxylation is 2. The van der Waals surface area contributed by atoms with Crippen molar-refractivity contribution in [1.82, 2.24) is 4.90 Å². The van der Waals surface area contributed by atoms with E-state index in [2.05, 4.69) is 54.3 Å². The summed E-state index contributed by atoms with van der Waals surface area (Å²) in [4.78, 5) is 30.0. The highest BCUT2D eigenvalue weighted by atomic mass is 28.3. The van der Waals surface area contributed by atoms with E-state index in [1.54, 1.807) is 0 Å². The van der Waals surface area contributed by atoms with E-state index >= 15 is 0 Å². The Hall–Kier alpha value is -3.87. The molecular weight excluding hydrogens is 492 g/mol. The zero-order valence-electron chi connectivity index (χ0n) is 22.2. The van der Waals surface area contributed by atoms with E-state index in [0.717, 1.165) is 29.3 Å². The molecule has 2 amide bonds. The van der Waals surface area contributed by atoms with Crippen LogP contribution in [0.15, 0.2) is 84.0 Å². The first-order valence-corrected chi connectivity index (χ1v) is 16.2. The van der Waals surface area contributed by atoms with Gasteiger partial charge >= 0.3 is 6.09 Å². The summed E-state index contributed by atoms with van der Waals surface area (Å²) in [5.74, 6) is -0.561. The second-order valence-corrected chi connectivity index (χ2v) is 15.4. The van der Waals surface area contributed by atoms with Crippen LogP contribution < -0.4 is 5.19 Å². The van der Waals surface area contributed by atoms with Crippen LogP contribution in [0.3, 0.4) is 0 Å². The second-order valence-electron chi connectivity index (χ2n) is 10.6. The third-order valence-electron chi connectivity index (χ3n) is 7.31. The maximum absolute atomic E-state index is 13.5. The summed E-state index contributed by atoms with van der Waals surface area (Å²) in [6, 6.07) is 25.7. The van der Waals surface area contributed by atoms with Crippen molar-refractivity contribution in [3.8, 4) is 0 Å². The molecule has 3 aromatic carbocycles. The van der Waals surface area contributed by atoms with Gasteiger partial charge in [0.05, 0.1) is 14.1 Å². The van der Waals surface area contributed by atoms with Gasteiger partial charge in [0, 0.05) is 4.91 Å². The molecule has 1 heterocycles. The van der Waals surface area contributed by atoms with Gasteiger partial charge in [0.1, 0.15) is 12.6 Å². The number of cyclic esters (lactones) is 1. The van der Waals surface area contributed by atoms with E-state index in [-0.39, 0.29) is 6.61 Å². The molecule has 0 aliphatic carbocycles. The number of hydrogen-bond acceptors (Lipinski definition) is 4. The highest BCUT2D eigenvalue weighted by Crippen LogP contribution is 2.27. The van der Waals surface area contributed by atoms with Crippen LogP contribution in [0.2, 0.25) is 19.1 Å². The average molecular weight is 527 g/mol. The minimum absolute atomic E-state index is 0.115. The van der Waals surface area contributed by atoms with Crippen molar-refractivity contribution in [2.75, 3.05) is 6.61 Å². The van der Waals surface area contributed by atoms with Gasteiger partial charge in [-0.15, -0.1) is 0 Å². The smallest absolute Gasteiger partial charge is 0.417 e. The van der Waals surface area contributed by atoms with Gasteiger partial charge in [0.15, 0.2) is 0 Å². The summed E-state index contributed by atoms with van der Waals surface area (Å²) >= 11 is 0. The van der Waals surface area contributed by atoms with Gasteiger partial charge in [0.2, 0.25) is 5.91 Å².